The molecule has 1 unspecified atom stereocenters. The van der Waals surface area contributed by atoms with Gasteiger partial charge in [0.2, 0.25) is 0 Å². The highest BCUT2D eigenvalue weighted by molar-refractivity contribution is 5.23. The molecule has 25 heavy (non-hydrogen) atoms. The molecule has 0 aromatic heterocycles. The predicted octanol–water partition coefficient (Wildman–Crippen LogP) is 3.26. The van der Waals surface area contributed by atoms with Crippen LogP contribution in [0.5, 0.6) is 0 Å². The minimum absolute atomic E-state index is 0.0129. The quantitative estimate of drug-likeness (QED) is 0.550. The monoisotopic (exact) mass is 341 g/mol. The minimum atomic E-state index is -0.676. The van der Waals surface area contributed by atoms with Crippen LogP contribution in [0.2, 0.25) is 0 Å². The number of aliphatic hydroxyl groups is 2. The highest BCUT2D eigenvalue weighted by Gasteiger charge is 2.22. The largest absolute Gasteiger partial charge is 0.396 e. The van der Waals surface area contributed by atoms with Crippen molar-refractivity contribution in [2.45, 2.75) is 50.5 Å². The van der Waals surface area contributed by atoms with Gasteiger partial charge in [0, 0.05) is 12.1 Å². The standard InChI is InChI=1S/C22H31NO2/c23-22(18-25,16-17-24)15-14-21-12-10-20(11-13-21)9-5-4-8-19-6-2-1-3-7-19/h1-3,6-7,10-13,24-25H,4-5,8-9,14-18,23H2. The Morgan fingerprint density at radius 3 is 1.72 bits per heavy atom. The van der Waals surface area contributed by atoms with Crippen molar-refractivity contribution in [1.82, 2.24) is 0 Å². The lowest BCUT2D eigenvalue weighted by Crippen LogP contribution is -2.44. The fraction of sp³-hybridized carbons (Fsp3) is 0.455. The van der Waals surface area contributed by atoms with Crippen molar-refractivity contribution in [3.05, 3.63) is 71.3 Å². The third-order valence-corrected chi connectivity index (χ3v) is 4.88. The molecule has 0 aliphatic rings. The number of aryl methyl sites for hydroxylation is 3. The van der Waals surface area contributed by atoms with Crippen LogP contribution >= 0.6 is 0 Å². The number of benzene rings is 2. The molecule has 2 rings (SSSR count). The normalized spacial score (nSPS) is 13.6. The number of hydrogen-bond donors (Lipinski definition) is 3. The van der Waals surface area contributed by atoms with E-state index in [1.165, 1.54) is 29.5 Å². The Hall–Kier alpha value is -1.68. The Bertz CT molecular complexity index is 597. The molecular formula is C22H31NO2. The van der Waals surface area contributed by atoms with Gasteiger partial charge in [-0.3, -0.25) is 0 Å². The van der Waals surface area contributed by atoms with E-state index in [9.17, 15) is 5.11 Å². The third kappa shape index (κ3) is 6.99. The molecule has 2 aromatic rings. The van der Waals surface area contributed by atoms with Crippen molar-refractivity contribution in [3.63, 3.8) is 0 Å². The van der Waals surface area contributed by atoms with Crippen LogP contribution in [0.15, 0.2) is 54.6 Å². The smallest absolute Gasteiger partial charge is 0.0612 e. The lowest BCUT2D eigenvalue weighted by molar-refractivity contribution is 0.149. The SMILES string of the molecule is NC(CO)(CCO)CCc1ccc(CCCCc2ccccc2)cc1. The van der Waals surface area contributed by atoms with Gasteiger partial charge >= 0.3 is 0 Å². The molecule has 3 heteroatoms. The molecule has 0 spiro atoms. The Labute approximate surface area is 151 Å². The first-order valence-corrected chi connectivity index (χ1v) is 9.27. The molecule has 0 aliphatic carbocycles. The van der Waals surface area contributed by atoms with Gasteiger partial charge in [-0.25, -0.2) is 0 Å². The van der Waals surface area contributed by atoms with Crippen LogP contribution in [0.3, 0.4) is 0 Å². The van der Waals surface area contributed by atoms with Crippen LogP contribution in [-0.2, 0) is 19.3 Å². The van der Waals surface area contributed by atoms with Gasteiger partial charge in [-0.05, 0) is 61.6 Å². The number of unbranched alkanes of at least 4 members (excludes halogenated alkanes) is 1. The van der Waals surface area contributed by atoms with E-state index in [4.69, 9.17) is 10.8 Å². The molecule has 136 valence electrons. The molecule has 0 saturated heterocycles. The molecule has 3 nitrogen and oxygen atoms in total. The van der Waals surface area contributed by atoms with Gasteiger partial charge in [-0.2, -0.15) is 0 Å². The second kappa shape index (κ2) is 10.3. The second-order valence-corrected chi connectivity index (χ2v) is 7.00. The summed E-state index contributed by atoms with van der Waals surface area (Å²) in [6, 6.07) is 19.3. The first kappa shape index (κ1) is 19.6. The Kier molecular flexibility index (Phi) is 8.13. The van der Waals surface area contributed by atoms with E-state index >= 15 is 0 Å². The molecule has 0 amide bonds. The number of nitrogens with two attached hydrogens (primary N) is 1. The maximum Gasteiger partial charge on any atom is 0.0612 e. The highest BCUT2D eigenvalue weighted by atomic mass is 16.3. The van der Waals surface area contributed by atoms with Gasteiger partial charge in [0.1, 0.15) is 0 Å². The number of hydrogen-bond acceptors (Lipinski definition) is 3. The van der Waals surface area contributed by atoms with Crippen molar-refractivity contribution in [2.75, 3.05) is 13.2 Å². The topological polar surface area (TPSA) is 66.5 Å². The Morgan fingerprint density at radius 1 is 0.680 bits per heavy atom. The Balaban J connectivity index is 1.72. The molecule has 1 atom stereocenters. The maximum absolute atomic E-state index is 9.41. The zero-order chi connectivity index (χ0) is 18.0. The van der Waals surface area contributed by atoms with Gasteiger partial charge in [-0.15, -0.1) is 0 Å². The summed E-state index contributed by atoms with van der Waals surface area (Å²) in [4.78, 5) is 0. The lowest BCUT2D eigenvalue weighted by Gasteiger charge is -2.26. The second-order valence-electron chi connectivity index (χ2n) is 7.00. The van der Waals surface area contributed by atoms with E-state index in [1.807, 2.05) is 0 Å². The van der Waals surface area contributed by atoms with Gasteiger partial charge in [0.25, 0.3) is 0 Å². The predicted molar refractivity (Wildman–Crippen MR) is 104 cm³/mol. The molecule has 0 aliphatic heterocycles. The summed E-state index contributed by atoms with van der Waals surface area (Å²) in [7, 11) is 0. The zero-order valence-corrected chi connectivity index (χ0v) is 15.0. The fourth-order valence-corrected chi connectivity index (χ4v) is 3.07. The molecule has 4 N–H and O–H groups in total. The van der Waals surface area contributed by atoms with E-state index in [-0.39, 0.29) is 13.2 Å². The third-order valence-electron chi connectivity index (χ3n) is 4.88. The molecule has 0 radical (unpaired) electrons. The van der Waals surface area contributed by atoms with Gasteiger partial charge in [0.05, 0.1) is 6.61 Å². The van der Waals surface area contributed by atoms with Crippen LogP contribution in [-0.4, -0.2) is 29.0 Å². The fourth-order valence-electron chi connectivity index (χ4n) is 3.07. The first-order chi connectivity index (χ1) is 12.1. The lowest BCUT2D eigenvalue weighted by atomic mass is 9.90. The van der Waals surface area contributed by atoms with E-state index < -0.39 is 5.54 Å². The van der Waals surface area contributed by atoms with Crippen molar-refractivity contribution in [1.29, 1.82) is 0 Å². The summed E-state index contributed by atoms with van der Waals surface area (Å²) >= 11 is 0. The van der Waals surface area contributed by atoms with Crippen molar-refractivity contribution >= 4 is 0 Å². The number of aliphatic hydroxyl groups excluding tert-OH is 2. The van der Waals surface area contributed by atoms with Crippen LogP contribution in [0, 0.1) is 0 Å². The molecule has 0 bridgehead atoms. The van der Waals surface area contributed by atoms with Gasteiger partial charge < -0.3 is 15.9 Å². The summed E-state index contributed by atoms with van der Waals surface area (Å²) in [5, 5.41) is 18.5. The summed E-state index contributed by atoms with van der Waals surface area (Å²) in [5.41, 5.74) is 9.44. The van der Waals surface area contributed by atoms with Gasteiger partial charge in [-0.1, -0.05) is 54.6 Å². The first-order valence-electron chi connectivity index (χ1n) is 9.27. The van der Waals surface area contributed by atoms with E-state index in [1.54, 1.807) is 0 Å². The van der Waals surface area contributed by atoms with Crippen molar-refractivity contribution in [2.24, 2.45) is 5.73 Å². The van der Waals surface area contributed by atoms with Crippen LogP contribution in [0.25, 0.3) is 0 Å². The molecule has 2 aromatic carbocycles. The van der Waals surface area contributed by atoms with Crippen LogP contribution < -0.4 is 5.73 Å². The van der Waals surface area contributed by atoms with E-state index in [0.717, 1.165) is 19.3 Å². The van der Waals surface area contributed by atoms with E-state index in [0.29, 0.717) is 12.8 Å². The summed E-state index contributed by atoms with van der Waals surface area (Å²) in [6.07, 6.45) is 6.59. The van der Waals surface area contributed by atoms with Crippen molar-refractivity contribution < 1.29 is 10.2 Å². The summed E-state index contributed by atoms with van der Waals surface area (Å²) < 4.78 is 0. The molecule has 0 heterocycles. The highest BCUT2D eigenvalue weighted by Crippen LogP contribution is 2.17. The average molecular weight is 341 g/mol. The van der Waals surface area contributed by atoms with E-state index in [2.05, 4.69) is 54.6 Å². The zero-order valence-electron chi connectivity index (χ0n) is 15.0. The molecule has 0 saturated carbocycles. The van der Waals surface area contributed by atoms with Crippen LogP contribution in [0.1, 0.15) is 42.4 Å². The molecular weight excluding hydrogens is 310 g/mol. The summed E-state index contributed by atoms with van der Waals surface area (Å²) in [6.45, 7) is -0.0773. The van der Waals surface area contributed by atoms with Crippen molar-refractivity contribution in [3.8, 4) is 0 Å². The average Bonchev–Trinajstić information content (AvgIpc) is 2.66. The number of rotatable bonds is 11. The maximum atomic E-state index is 9.41. The van der Waals surface area contributed by atoms with Gasteiger partial charge in [0.15, 0.2) is 0 Å². The molecule has 0 fully saturated rings. The Morgan fingerprint density at radius 2 is 1.20 bits per heavy atom. The minimum Gasteiger partial charge on any atom is -0.396 e. The summed E-state index contributed by atoms with van der Waals surface area (Å²) in [5.74, 6) is 0. The van der Waals surface area contributed by atoms with Crippen LogP contribution in [0.4, 0.5) is 0 Å².